The van der Waals surface area contributed by atoms with Crippen molar-refractivity contribution < 1.29 is 33.9 Å². The molecule has 2 fully saturated rings. The van der Waals surface area contributed by atoms with Gasteiger partial charge in [0.2, 0.25) is 12.1 Å². The van der Waals surface area contributed by atoms with Gasteiger partial charge in [-0.3, -0.25) is 24.3 Å². The van der Waals surface area contributed by atoms with Gasteiger partial charge in [-0.25, -0.2) is 9.55 Å². The number of fused-ring (bicyclic) bond motifs is 2. The number of rotatable bonds is 5. The summed E-state index contributed by atoms with van der Waals surface area (Å²) < 4.78 is 7.43. The van der Waals surface area contributed by atoms with Gasteiger partial charge in [0.25, 0.3) is 11.8 Å². The van der Waals surface area contributed by atoms with E-state index in [0.717, 1.165) is 5.56 Å². The van der Waals surface area contributed by atoms with Crippen LogP contribution in [0.3, 0.4) is 0 Å². The Morgan fingerprint density at radius 2 is 1.97 bits per heavy atom. The van der Waals surface area contributed by atoms with E-state index in [1.807, 2.05) is 11.8 Å². The molecule has 0 radical (unpaired) electrons. The largest absolute Gasteiger partial charge is 0.387 e. The molecule has 5 N–H and O–H groups in total. The van der Waals surface area contributed by atoms with Crippen LogP contribution in [0, 0.1) is 6.92 Å². The zero-order chi connectivity index (χ0) is 27.3. The fourth-order valence-electron chi connectivity index (χ4n) is 5.38. The van der Waals surface area contributed by atoms with Gasteiger partial charge in [-0.05, 0) is 19.1 Å². The van der Waals surface area contributed by atoms with Crippen molar-refractivity contribution in [2.45, 2.75) is 38.0 Å². The normalized spacial score (nSPS) is 25.1. The number of aryl methyl sites for hydroxylation is 1. The third kappa shape index (κ3) is 4.50. The van der Waals surface area contributed by atoms with Crippen molar-refractivity contribution in [3.05, 3.63) is 47.7 Å². The number of hydrogen-bond acceptors (Lipinski definition) is 9. The molecule has 1 aromatic carbocycles. The molecule has 0 bridgehead atoms. The van der Waals surface area contributed by atoms with Crippen molar-refractivity contribution >= 4 is 34.6 Å². The molecular formula is C25H29N8O6+. The van der Waals surface area contributed by atoms with Gasteiger partial charge in [-0.2, -0.15) is 0 Å². The molecule has 3 aliphatic rings. The van der Waals surface area contributed by atoms with Crippen molar-refractivity contribution in [1.29, 1.82) is 0 Å². The Hall–Kier alpha value is -3.98. The number of ether oxygens (including phenoxy) is 1. The molecule has 0 saturated carbocycles. The maximum absolute atomic E-state index is 13.3. The highest BCUT2D eigenvalue weighted by Crippen LogP contribution is 2.28. The number of aromatic nitrogens is 4. The molecule has 0 spiro atoms. The number of piperazine rings is 1. The summed E-state index contributed by atoms with van der Waals surface area (Å²) in [6.07, 6.45) is -2.04. The van der Waals surface area contributed by atoms with Crippen LogP contribution in [0.25, 0.3) is 11.2 Å². The van der Waals surface area contributed by atoms with Gasteiger partial charge in [0.1, 0.15) is 12.2 Å². The molecule has 39 heavy (non-hydrogen) atoms. The van der Waals surface area contributed by atoms with Gasteiger partial charge in [0, 0.05) is 49.5 Å². The van der Waals surface area contributed by atoms with Crippen molar-refractivity contribution in [3.63, 3.8) is 0 Å². The average molecular weight is 538 g/mol. The number of aromatic amines is 1. The Morgan fingerprint density at radius 3 is 2.77 bits per heavy atom. The van der Waals surface area contributed by atoms with Gasteiger partial charge in [0.05, 0.1) is 12.2 Å². The highest BCUT2D eigenvalue weighted by molar-refractivity contribution is 6.02. The lowest BCUT2D eigenvalue weighted by atomic mass is 10.1. The van der Waals surface area contributed by atoms with Crippen LogP contribution in [0.2, 0.25) is 0 Å². The number of H-pyrrole nitrogens is 1. The molecule has 14 heteroatoms. The van der Waals surface area contributed by atoms with Gasteiger partial charge in [-0.1, -0.05) is 11.1 Å². The summed E-state index contributed by atoms with van der Waals surface area (Å²) in [6.45, 7) is 3.91. The van der Waals surface area contributed by atoms with Crippen LogP contribution in [0.5, 0.6) is 0 Å². The van der Waals surface area contributed by atoms with Crippen LogP contribution in [-0.4, -0.2) is 104 Å². The number of imidazole rings is 1. The minimum Gasteiger partial charge on any atom is -0.387 e. The van der Waals surface area contributed by atoms with Gasteiger partial charge < -0.3 is 30.5 Å². The second kappa shape index (κ2) is 9.96. The summed E-state index contributed by atoms with van der Waals surface area (Å²) in [5, 5.41) is 27.0. The first kappa shape index (κ1) is 25.3. The summed E-state index contributed by atoms with van der Waals surface area (Å²) in [4.78, 5) is 52.7. The number of aliphatic hydroxyl groups excluding tert-OH is 2. The molecule has 3 aromatic rings. The van der Waals surface area contributed by atoms with E-state index in [1.54, 1.807) is 34.0 Å². The second-order valence-corrected chi connectivity index (χ2v) is 9.93. The zero-order valence-electron chi connectivity index (χ0n) is 21.2. The third-order valence-electron chi connectivity index (χ3n) is 7.54. The Labute approximate surface area is 222 Å². The molecule has 3 amide bonds. The van der Waals surface area contributed by atoms with E-state index in [2.05, 4.69) is 25.6 Å². The van der Waals surface area contributed by atoms with Gasteiger partial charge in [-0.15, -0.1) is 0 Å². The quantitative estimate of drug-likeness (QED) is 0.235. The first-order chi connectivity index (χ1) is 18.8. The zero-order valence-corrected chi connectivity index (χ0v) is 21.2. The molecule has 5 heterocycles. The molecule has 14 nitrogen and oxygen atoms in total. The Bertz CT molecular complexity index is 1450. The van der Waals surface area contributed by atoms with E-state index < -0.39 is 30.4 Å². The SMILES string of the molecule is Cc1ncnc2c1[nH]c[n+]2[C@@H]1O[C@H](C(=O)N2CCN(CC(=O)Nc3cccc4c3CNC4=O)CC2)[C@@H](O)[C@H]1O. The summed E-state index contributed by atoms with van der Waals surface area (Å²) in [5.74, 6) is -0.782. The number of hydrogen-bond donors (Lipinski definition) is 5. The van der Waals surface area contributed by atoms with E-state index in [0.29, 0.717) is 60.8 Å². The number of carbonyl (C=O) groups excluding carboxylic acids is 3. The van der Waals surface area contributed by atoms with Crippen LogP contribution in [0.4, 0.5) is 5.69 Å². The summed E-state index contributed by atoms with van der Waals surface area (Å²) in [6, 6.07) is 5.23. The fraction of sp³-hybridized carbons (Fsp3) is 0.440. The summed E-state index contributed by atoms with van der Waals surface area (Å²) >= 11 is 0. The van der Waals surface area contributed by atoms with Crippen LogP contribution in [-0.2, 0) is 20.9 Å². The topological polar surface area (TPSA) is 177 Å². The summed E-state index contributed by atoms with van der Waals surface area (Å²) in [5.41, 5.74) is 3.82. The number of nitrogens with one attached hydrogen (secondary N) is 3. The number of benzene rings is 1. The van der Waals surface area contributed by atoms with Crippen molar-refractivity contribution in [1.82, 2.24) is 30.1 Å². The predicted molar refractivity (Wildman–Crippen MR) is 134 cm³/mol. The molecule has 0 aliphatic carbocycles. The predicted octanol–water partition coefficient (Wildman–Crippen LogP) is -1.80. The molecular weight excluding hydrogens is 508 g/mol. The van der Waals surface area contributed by atoms with Crippen LogP contribution >= 0.6 is 0 Å². The fourth-order valence-corrected chi connectivity index (χ4v) is 5.38. The Balaban J connectivity index is 1.05. The lowest BCUT2D eigenvalue weighted by Gasteiger charge is -2.35. The van der Waals surface area contributed by atoms with Crippen LogP contribution < -0.4 is 15.2 Å². The number of carbonyl (C=O) groups is 3. The Kier molecular flexibility index (Phi) is 6.46. The first-order valence-electron chi connectivity index (χ1n) is 12.7. The van der Waals surface area contributed by atoms with E-state index in [9.17, 15) is 24.6 Å². The standard InChI is InChI=1S/C25H28N8O6/c1-13-18-22(28-11-27-13)33(12-29-18)25-20(36)19(35)21(39-25)24(38)32-7-5-31(6-8-32)10-17(34)30-16-4-2-3-14-15(16)9-26-23(14)37/h2-4,11-12,19-21,25,35-36H,5-10H2,1H3,(H2,26,30,34,37)/p+1/t19-,20+,21-,25+/m0/s1. The highest BCUT2D eigenvalue weighted by Gasteiger charge is 2.51. The van der Waals surface area contributed by atoms with Gasteiger partial charge in [0.15, 0.2) is 24.3 Å². The monoisotopic (exact) mass is 537 g/mol. The minimum absolute atomic E-state index is 0.134. The van der Waals surface area contributed by atoms with E-state index in [1.165, 1.54) is 6.33 Å². The molecule has 4 atom stereocenters. The maximum Gasteiger partial charge on any atom is 0.307 e. The van der Waals surface area contributed by atoms with Crippen molar-refractivity contribution in [2.75, 3.05) is 38.0 Å². The third-order valence-corrected chi connectivity index (χ3v) is 7.54. The molecule has 204 valence electrons. The van der Waals surface area contributed by atoms with Crippen molar-refractivity contribution in [2.24, 2.45) is 0 Å². The lowest BCUT2D eigenvalue weighted by Crippen LogP contribution is -2.54. The molecule has 3 aliphatic heterocycles. The molecule has 0 unspecified atom stereocenters. The highest BCUT2D eigenvalue weighted by atomic mass is 16.6. The lowest BCUT2D eigenvalue weighted by molar-refractivity contribution is -0.744. The number of anilines is 1. The van der Waals surface area contributed by atoms with Crippen LogP contribution in [0.15, 0.2) is 30.9 Å². The van der Waals surface area contributed by atoms with Gasteiger partial charge >= 0.3 is 5.65 Å². The van der Waals surface area contributed by atoms with E-state index >= 15 is 0 Å². The molecule has 6 rings (SSSR count). The maximum atomic E-state index is 13.3. The van der Waals surface area contributed by atoms with Crippen molar-refractivity contribution in [3.8, 4) is 0 Å². The molecule has 2 saturated heterocycles. The first-order valence-corrected chi connectivity index (χ1v) is 12.7. The average Bonchev–Trinajstić information content (AvgIpc) is 3.61. The Morgan fingerprint density at radius 1 is 1.18 bits per heavy atom. The number of aliphatic hydroxyl groups is 2. The number of amides is 3. The summed E-state index contributed by atoms with van der Waals surface area (Å²) in [7, 11) is 0. The van der Waals surface area contributed by atoms with E-state index in [-0.39, 0.29) is 18.4 Å². The smallest absolute Gasteiger partial charge is 0.307 e. The van der Waals surface area contributed by atoms with E-state index in [4.69, 9.17) is 4.74 Å². The number of nitrogens with zero attached hydrogens (tertiary/aromatic N) is 5. The second-order valence-electron chi connectivity index (χ2n) is 9.93. The minimum atomic E-state index is -1.42. The molecule has 2 aromatic heterocycles. The van der Waals surface area contributed by atoms with Crippen LogP contribution in [0.1, 0.15) is 27.8 Å².